The Morgan fingerprint density at radius 3 is 1.75 bits per heavy atom. The van der Waals surface area contributed by atoms with Gasteiger partial charge in [-0.3, -0.25) is 0 Å². The number of hydrogen-bond acceptors (Lipinski definition) is 4. The fraction of sp³-hybridized carbons (Fsp3) is 0.500. The molecule has 2 atom stereocenters. The van der Waals surface area contributed by atoms with Gasteiger partial charge in [0, 0.05) is 23.8 Å². The maximum atomic E-state index is 12.4. The highest BCUT2D eigenvalue weighted by molar-refractivity contribution is 8.13. The molecule has 20 heavy (non-hydrogen) atoms. The van der Waals surface area contributed by atoms with Gasteiger partial charge in [-0.2, -0.15) is 4.31 Å². The van der Waals surface area contributed by atoms with Crippen molar-refractivity contribution in [3.63, 3.8) is 0 Å². The standard InChI is InChI=1S/C12H16ClNO4S2/c1-9-7-14(8-10(9)2)20(17,18)12-5-3-11(4-6-12)19(13,15)16/h3-6,9-10H,7-8H2,1-2H3. The van der Waals surface area contributed by atoms with Crippen LogP contribution in [0.3, 0.4) is 0 Å². The van der Waals surface area contributed by atoms with Gasteiger partial charge in [0.2, 0.25) is 10.0 Å². The van der Waals surface area contributed by atoms with Crippen LogP contribution >= 0.6 is 10.7 Å². The van der Waals surface area contributed by atoms with Crippen LogP contribution in [0.15, 0.2) is 34.1 Å². The topological polar surface area (TPSA) is 71.5 Å². The highest BCUT2D eigenvalue weighted by Crippen LogP contribution is 2.28. The predicted octanol–water partition coefficient (Wildman–Crippen LogP) is 1.89. The van der Waals surface area contributed by atoms with Gasteiger partial charge in [-0.1, -0.05) is 13.8 Å². The van der Waals surface area contributed by atoms with E-state index >= 15 is 0 Å². The van der Waals surface area contributed by atoms with Crippen molar-refractivity contribution in [3.05, 3.63) is 24.3 Å². The molecule has 0 N–H and O–H groups in total. The summed E-state index contributed by atoms with van der Waals surface area (Å²) < 4.78 is 48.6. The number of sulfonamides is 1. The summed E-state index contributed by atoms with van der Waals surface area (Å²) in [6.45, 7) is 5.00. The van der Waals surface area contributed by atoms with Gasteiger partial charge in [0.15, 0.2) is 0 Å². The summed E-state index contributed by atoms with van der Waals surface area (Å²) in [4.78, 5) is -0.0239. The Labute approximate surface area is 124 Å². The first-order valence-corrected chi connectivity index (χ1v) is 9.92. The second kappa shape index (κ2) is 5.29. The fourth-order valence-corrected chi connectivity index (χ4v) is 4.61. The molecule has 0 amide bonds. The van der Waals surface area contributed by atoms with E-state index in [1.165, 1.54) is 28.6 Å². The number of nitrogens with zero attached hydrogens (tertiary/aromatic N) is 1. The fourth-order valence-electron chi connectivity index (χ4n) is 2.20. The van der Waals surface area contributed by atoms with E-state index in [0.717, 1.165) is 0 Å². The molecule has 5 nitrogen and oxygen atoms in total. The average molecular weight is 338 g/mol. The van der Waals surface area contributed by atoms with E-state index in [4.69, 9.17) is 10.7 Å². The first kappa shape index (κ1) is 15.8. The lowest BCUT2D eigenvalue weighted by molar-refractivity contribution is 0.463. The molecule has 2 unspecified atom stereocenters. The Bertz CT molecular complexity index is 687. The van der Waals surface area contributed by atoms with Crippen LogP contribution in [0.25, 0.3) is 0 Å². The minimum Gasteiger partial charge on any atom is -0.207 e. The van der Waals surface area contributed by atoms with Crippen molar-refractivity contribution in [2.75, 3.05) is 13.1 Å². The van der Waals surface area contributed by atoms with Crippen molar-refractivity contribution in [2.24, 2.45) is 11.8 Å². The van der Waals surface area contributed by atoms with Crippen molar-refractivity contribution in [1.29, 1.82) is 0 Å². The van der Waals surface area contributed by atoms with Crippen LogP contribution in [0.5, 0.6) is 0 Å². The van der Waals surface area contributed by atoms with Gasteiger partial charge in [0.05, 0.1) is 9.79 Å². The minimum atomic E-state index is -3.84. The van der Waals surface area contributed by atoms with Crippen molar-refractivity contribution >= 4 is 29.8 Å². The molecular formula is C12H16ClNO4S2. The van der Waals surface area contributed by atoms with Crippen molar-refractivity contribution in [1.82, 2.24) is 4.31 Å². The maximum Gasteiger partial charge on any atom is 0.261 e. The Morgan fingerprint density at radius 2 is 1.35 bits per heavy atom. The molecule has 1 heterocycles. The quantitative estimate of drug-likeness (QED) is 0.790. The van der Waals surface area contributed by atoms with Gasteiger partial charge in [-0.05, 0) is 36.1 Å². The van der Waals surface area contributed by atoms with Gasteiger partial charge in [-0.15, -0.1) is 0 Å². The maximum absolute atomic E-state index is 12.4. The van der Waals surface area contributed by atoms with Gasteiger partial charge in [0.25, 0.3) is 9.05 Å². The predicted molar refractivity (Wildman–Crippen MR) is 76.6 cm³/mol. The van der Waals surface area contributed by atoms with E-state index in [0.29, 0.717) is 24.9 Å². The largest absolute Gasteiger partial charge is 0.261 e. The van der Waals surface area contributed by atoms with Gasteiger partial charge in [0.1, 0.15) is 0 Å². The smallest absolute Gasteiger partial charge is 0.207 e. The van der Waals surface area contributed by atoms with Crippen LogP contribution in [0.1, 0.15) is 13.8 Å². The number of halogens is 1. The minimum absolute atomic E-state index is 0.0860. The Morgan fingerprint density at radius 1 is 0.950 bits per heavy atom. The van der Waals surface area contributed by atoms with Crippen LogP contribution in [-0.2, 0) is 19.1 Å². The molecule has 1 aromatic carbocycles. The molecule has 0 spiro atoms. The molecule has 8 heteroatoms. The summed E-state index contributed by atoms with van der Waals surface area (Å²) in [5.74, 6) is 0.625. The molecule has 1 fully saturated rings. The number of benzene rings is 1. The average Bonchev–Trinajstić information content (AvgIpc) is 2.69. The third-order valence-electron chi connectivity index (χ3n) is 3.70. The first-order valence-electron chi connectivity index (χ1n) is 6.17. The lowest BCUT2D eigenvalue weighted by Gasteiger charge is -2.16. The third-order valence-corrected chi connectivity index (χ3v) is 6.91. The Balaban J connectivity index is 2.32. The van der Waals surface area contributed by atoms with Crippen molar-refractivity contribution in [3.8, 4) is 0 Å². The molecule has 1 aliphatic heterocycles. The lowest BCUT2D eigenvalue weighted by Crippen LogP contribution is -2.29. The Hall–Kier alpha value is -0.630. The summed E-state index contributed by atoms with van der Waals surface area (Å²) in [7, 11) is -2.21. The van der Waals surface area contributed by atoms with E-state index in [9.17, 15) is 16.8 Å². The van der Waals surface area contributed by atoms with Gasteiger partial charge in [-0.25, -0.2) is 16.8 Å². The number of hydrogen-bond donors (Lipinski definition) is 0. The molecule has 0 bridgehead atoms. The highest BCUT2D eigenvalue weighted by atomic mass is 35.7. The summed E-state index contributed by atoms with van der Waals surface area (Å²) in [5, 5.41) is 0. The zero-order valence-electron chi connectivity index (χ0n) is 11.2. The van der Waals surface area contributed by atoms with Crippen LogP contribution in [0.4, 0.5) is 0 Å². The van der Waals surface area contributed by atoms with Crippen LogP contribution in [-0.4, -0.2) is 34.2 Å². The summed E-state index contributed by atoms with van der Waals surface area (Å²) in [6, 6.07) is 4.97. The molecular weight excluding hydrogens is 322 g/mol. The van der Waals surface area contributed by atoms with E-state index in [-0.39, 0.29) is 9.79 Å². The molecule has 0 radical (unpaired) electrons. The molecule has 112 valence electrons. The van der Waals surface area contributed by atoms with E-state index in [2.05, 4.69) is 0 Å². The first-order chi connectivity index (χ1) is 9.12. The van der Waals surface area contributed by atoms with Gasteiger partial charge < -0.3 is 0 Å². The van der Waals surface area contributed by atoms with Crippen LogP contribution in [0.2, 0.25) is 0 Å². The second-order valence-corrected chi connectivity index (χ2v) is 9.69. The molecule has 0 aliphatic carbocycles. The van der Waals surface area contributed by atoms with Crippen LogP contribution in [0, 0.1) is 11.8 Å². The second-order valence-electron chi connectivity index (χ2n) is 5.19. The molecule has 1 saturated heterocycles. The van der Waals surface area contributed by atoms with E-state index in [1.807, 2.05) is 13.8 Å². The summed E-state index contributed by atoms with van der Waals surface area (Å²) >= 11 is 0. The van der Waals surface area contributed by atoms with Crippen LogP contribution < -0.4 is 0 Å². The molecule has 1 aromatic rings. The molecule has 2 rings (SSSR count). The third kappa shape index (κ3) is 3.00. The lowest BCUT2D eigenvalue weighted by atomic mass is 10.0. The summed E-state index contributed by atoms with van der Waals surface area (Å²) in [6.07, 6.45) is 0. The number of rotatable bonds is 3. The van der Waals surface area contributed by atoms with E-state index in [1.54, 1.807) is 0 Å². The normalized spacial score (nSPS) is 24.9. The van der Waals surface area contributed by atoms with E-state index < -0.39 is 19.1 Å². The highest BCUT2D eigenvalue weighted by Gasteiger charge is 2.34. The zero-order valence-corrected chi connectivity index (χ0v) is 13.5. The van der Waals surface area contributed by atoms with Gasteiger partial charge >= 0.3 is 0 Å². The SMILES string of the molecule is CC1CN(S(=O)(=O)c2ccc(S(=O)(=O)Cl)cc2)CC1C. The zero-order chi connectivity index (χ0) is 15.1. The molecule has 0 aromatic heterocycles. The van der Waals surface area contributed by atoms with Crippen molar-refractivity contribution < 1.29 is 16.8 Å². The van der Waals surface area contributed by atoms with Crippen molar-refractivity contribution in [2.45, 2.75) is 23.6 Å². The summed E-state index contributed by atoms with van der Waals surface area (Å²) in [5.41, 5.74) is 0. The molecule has 1 aliphatic rings. The Kier molecular flexibility index (Phi) is 4.17. The molecule has 0 saturated carbocycles. The monoisotopic (exact) mass is 337 g/mol.